The average molecular weight is 605 g/mol. The lowest BCUT2D eigenvalue weighted by atomic mass is 9.55. The number of benzene rings is 2. The summed E-state index contributed by atoms with van der Waals surface area (Å²) in [5, 5.41) is 16.4. The summed E-state index contributed by atoms with van der Waals surface area (Å²) in [7, 11) is 1.59. The van der Waals surface area contributed by atoms with Gasteiger partial charge in [-0.3, -0.25) is 14.4 Å². The largest absolute Gasteiger partial charge is 0.497 e. The van der Waals surface area contributed by atoms with Gasteiger partial charge in [0.15, 0.2) is 0 Å². The second-order valence-corrected chi connectivity index (χ2v) is 12.3. The number of carbonyl (C=O) groups excluding carboxylic acids is 3. The van der Waals surface area contributed by atoms with Crippen LogP contribution in [0.5, 0.6) is 11.5 Å². The minimum Gasteiger partial charge on any atom is -0.497 e. The Morgan fingerprint density at radius 3 is 2.66 bits per heavy atom. The van der Waals surface area contributed by atoms with Gasteiger partial charge in [-0.15, -0.1) is 0 Å². The third-order valence-corrected chi connectivity index (χ3v) is 9.26. The van der Waals surface area contributed by atoms with Crippen LogP contribution in [0.2, 0.25) is 0 Å². The van der Waals surface area contributed by atoms with Gasteiger partial charge >= 0.3 is 0 Å². The first-order valence-corrected chi connectivity index (χ1v) is 15.1. The quantitative estimate of drug-likeness (QED) is 0.340. The van der Waals surface area contributed by atoms with Gasteiger partial charge in [-0.2, -0.15) is 0 Å². The summed E-state index contributed by atoms with van der Waals surface area (Å²) in [6.07, 6.45) is 5.22. The molecule has 0 radical (unpaired) electrons. The number of likely N-dealkylation sites (tertiary alicyclic amines) is 1. The van der Waals surface area contributed by atoms with E-state index in [-0.39, 0.29) is 31.3 Å². The van der Waals surface area contributed by atoms with Crippen LogP contribution in [0, 0.1) is 11.2 Å². The zero-order valence-corrected chi connectivity index (χ0v) is 24.8. The molecule has 2 aliphatic carbocycles. The highest BCUT2D eigenvalue weighted by Gasteiger charge is 2.49. The minimum absolute atomic E-state index is 0.0265. The first-order valence-electron chi connectivity index (χ1n) is 15.1. The van der Waals surface area contributed by atoms with E-state index in [1.54, 1.807) is 13.2 Å². The smallest absolute Gasteiger partial charge is 0.270 e. The summed E-state index contributed by atoms with van der Waals surface area (Å²) >= 11 is 0. The molecule has 44 heavy (non-hydrogen) atoms. The molecule has 1 saturated heterocycles. The molecule has 3 N–H and O–H groups in total. The summed E-state index contributed by atoms with van der Waals surface area (Å²) in [4.78, 5) is 44.8. The number of ether oxygens (including phenoxy) is 2. The van der Waals surface area contributed by atoms with Crippen molar-refractivity contribution in [2.24, 2.45) is 5.41 Å². The van der Waals surface area contributed by atoms with Crippen molar-refractivity contribution < 1.29 is 33.4 Å². The molecule has 1 aliphatic heterocycles. The number of methoxy groups -OCH3 is 1. The summed E-state index contributed by atoms with van der Waals surface area (Å²) in [6.45, 7) is 1.44. The van der Waals surface area contributed by atoms with Crippen LogP contribution in [0.25, 0.3) is 10.9 Å². The fourth-order valence-electron chi connectivity index (χ4n) is 6.65. The van der Waals surface area contributed by atoms with Gasteiger partial charge < -0.3 is 30.1 Å². The normalized spacial score (nSPS) is 21.3. The Kier molecular flexibility index (Phi) is 8.15. The lowest BCUT2D eigenvalue weighted by Gasteiger charge is -2.53. The monoisotopic (exact) mass is 604 g/mol. The molecule has 0 bridgehead atoms. The van der Waals surface area contributed by atoms with E-state index in [0.29, 0.717) is 27.8 Å². The van der Waals surface area contributed by atoms with Crippen LogP contribution < -0.4 is 20.1 Å². The molecule has 1 aromatic heterocycles. The maximum absolute atomic E-state index is 13.5. The molecule has 2 heterocycles. The van der Waals surface area contributed by atoms with E-state index in [1.807, 2.05) is 25.1 Å². The lowest BCUT2D eigenvalue weighted by molar-refractivity contribution is -0.138. The first kappa shape index (κ1) is 29.8. The van der Waals surface area contributed by atoms with Crippen molar-refractivity contribution in [3.8, 4) is 11.5 Å². The number of halogens is 1. The summed E-state index contributed by atoms with van der Waals surface area (Å²) in [5.74, 6) is -0.585. The molecule has 3 fully saturated rings. The number of pyridine rings is 1. The van der Waals surface area contributed by atoms with Gasteiger partial charge in [-0.05, 0) is 74.4 Å². The van der Waals surface area contributed by atoms with E-state index < -0.39 is 41.7 Å². The van der Waals surface area contributed by atoms with E-state index >= 15 is 0 Å². The van der Waals surface area contributed by atoms with Crippen molar-refractivity contribution in [2.45, 2.75) is 69.7 Å². The topological polar surface area (TPSA) is 130 Å². The van der Waals surface area contributed by atoms with Gasteiger partial charge in [-0.1, -0.05) is 12.5 Å². The standard InChI is InChI=1S/C33H37FN4O6/c1-19(25-7-6-23(43-2)14-29(25)44-24-15-33(16-24)10-3-11-33)36-32(42)28-13-22(39)18-38(28)30(40)17-35-31(41)27-8-4-20-12-21(34)5-9-26(20)37-27/h4-9,12,14,19,22,24,28,39H,3,10-11,13,15-18H2,1-2H3,(H,35,41)(H,36,42)/t19-,22+,28-/m0/s1. The predicted molar refractivity (Wildman–Crippen MR) is 160 cm³/mol. The summed E-state index contributed by atoms with van der Waals surface area (Å²) in [5.41, 5.74) is 1.76. The van der Waals surface area contributed by atoms with Gasteiger partial charge in [0.2, 0.25) is 11.8 Å². The number of amides is 3. The van der Waals surface area contributed by atoms with Crippen LogP contribution in [0.4, 0.5) is 4.39 Å². The van der Waals surface area contributed by atoms with Crippen molar-refractivity contribution in [1.29, 1.82) is 0 Å². The van der Waals surface area contributed by atoms with Crippen LogP contribution >= 0.6 is 0 Å². The Labute approximate surface area is 254 Å². The molecule has 0 unspecified atom stereocenters. The molecule has 11 heteroatoms. The van der Waals surface area contributed by atoms with Gasteiger partial charge in [0.1, 0.15) is 29.1 Å². The highest BCUT2D eigenvalue weighted by atomic mass is 19.1. The highest BCUT2D eigenvalue weighted by Crippen LogP contribution is 2.57. The molecule has 3 amide bonds. The number of nitrogens with one attached hydrogen (secondary N) is 2. The third kappa shape index (κ3) is 6.06. The van der Waals surface area contributed by atoms with Crippen LogP contribution in [0.1, 0.15) is 67.5 Å². The van der Waals surface area contributed by atoms with Crippen molar-refractivity contribution in [3.05, 3.63) is 65.6 Å². The fraction of sp³-hybridized carbons (Fsp3) is 0.455. The minimum atomic E-state index is -0.904. The molecule has 232 valence electrons. The molecule has 2 saturated carbocycles. The van der Waals surface area contributed by atoms with Crippen LogP contribution in [0.15, 0.2) is 48.5 Å². The van der Waals surface area contributed by atoms with E-state index in [9.17, 15) is 23.9 Å². The third-order valence-electron chi connectivity index (χ3n) is 9.26. The zero-order chi connectivity index (χ0) is 31.0. The van der Waals surface area contributed by atoms with Crippen molar-refractivity contribution in [1.82, 2.24) is 20.5 Å². The Hall–Kier alpha value is -4.25. The van der Waals surface area contributed by atoms with Crippen LogP contribution in [0.3, 0.4) is 0 Å². The van der Waals surface area contributed by atoms with Crippen molar-refractivity contribution in [2.75, 3.05) is 20.2 Å². The van der Waals surface area contributed by atoms with Crippen molar-refractivity contribution >= 4 is 28.6 Å². The number of rotatable bonds is 9. The average Bonchev–Trinajstić information content (AvgIpc) is 3.37. The maximum atomic E-state index is 13.5. The Morgan fingerprint density at radius 1 is 1.14 bits per heavy atom. The summed E-state index contributed by atoms with van der Waals surface area (Å²) in [6, 6.07) is 11.3. The summed E-state index contributed by atoms with van der Waals surface area (Å²) < 4.78 is 25.3. The van der Waals surface area contributed by atoms with E-state index in [1.165, 1.54) is 48.4 Å². The number of hydrogen-bond acceptors (Lipinski definition) is 7. The maximum Gasteiger partial charge on any atom is 0.270 e. The number of aliphatic hydroxyl groups is 1. The lowest BCUT2D eigenvalue weighted by Crippen LogP contribution is -2.49. The number of fused-ring (bicyclic) bond motifs is 1. The molecule has 3 aliphatic rings. The number of nitrogens with zero attached hydrogens (tertiary/aromatic N) is 2. The molecule has 1 spiro atoms. The Morgan fingerprint density at radius 2 is 1.93 bits per heavy atom. The molecule has 10 nitrogen and oxygen atoms in total. The van der Waals surface area contributed by atoms with Gasteiger partial charge in [0, 0.05) is 30.0 Å². The predicted octanol–water partition coefficient (Wildman–Crippen LogP) is 3.66. The number of carbonyl (C=O) groups is 3. The van der Waals surface area contributed by atoms with Gasteiger partial charge in [0.25, 0.3) is 5.91 Å². The second-order valence-electron chi connectivity index (χ2n) is 12.3. The molecular weight excluding hydrogens is 567 g/mol. The Balaban J connectivity index is 1.08. The zero-order valence-electron chi connectivity index (χ0n) is 24.8. The number of aliphatic hydroxyl groups excluding tert-OH is 1. The SMILES string of the molecule is COc1ccc([C@H](C)NC(=O)[C@@H]2C[C@@H](O)CN2C(=O)CNC(=O)c2ccc3cc(F)ccc3n2)c(OC2CC3(CCC3)C2)c1. The number of aromatic nitrogens is 1. The van der Waals surface area contributed by atoms with Gasteiger partial charge in [-0.25, -0.2) is 9.37 Å². The van der Waals surface area contributed by atoms with E-state index in [2.05, 4.69) is 15.6 Å². The molecule has 6 rings (SSSR count). The van der Waals surface area contributed by atoms with Gasteiger partial charge in [0.05, 0.1) is 37.4 Å². The second kappa shape index (κ2) is 12.0. The fourth-order valence-corrected chi connectivity index (χ4v) is 6.65. The van der Waals surface area contributed by atoms with Crippen LogP contribution in [-0.4, -0.2) is 71.2 Å². The highest BCUT2D eigenvalue weighted by molar-refractivity contribution is 5.97. The first-order chi connectivity index (χ1) is 21.1. The van der Waals surface area contributed by atoms with Crippen molar-refractivity contribution in [3.63, 3.8) is 0 Å². The van der Waals surface area contributed by atoms with E-state index in [4.69, 9.17) is 9.47 Å². The van der Waals surface area contributed by atoms with Crippen LogP contribution in [-0.2, 0) is 9.59 Å². The molecule has 3 atom stereocenters. The molecular formula is C33H37FN4O6. The van der Waals surface area contributed by atoms with E-state index in [0.717, 1.165) is 18.4 Å². The molecule has 3 aromatic rings. The molecule has 2 aromatic carbocycles. The number of β-amino-alcohol motifs (C(OH)–C–C–N with tert-alkyl or cyclic N) is 1. The number of hydrogen-bond donors (Lipinski definition) is 3. The Bertz CT molecular complexity index is 1590.